The number of ether oxygens (including phenoxy) is 2. The van der Waals surface area contributed by atoms with Crippen LogP contribution in [0.25, 0.3) is 0 Å². The Balaban J connectivity index is 1.80. The molecule has 0 radical (unpaired) electrons. The first-order valence-electron chi connectivity index (χ1n) is 8.96. The summed E-state index contributed by atoms with van der Waals surface area (Å²) in [7, 11) is -1.04. The molecule has 1 saturated heterocycles. The SMILES string of the molecule is CCN1CCN(c2ccc(OCOCC[Si](C)(C)C)cc2N)CC1. The molecule has 0 saturated carbocycles. The molecular weight excluding hydrogens is 318 g/mol. The summed E-state index contributed by atoms with van der Waals surface area (Å²) in [5.41, 5.74) is 8.12. The predicted octanol–water partition coefficient (Wildman–Crippen LogP) is 3.10. The van der Waals surface area contributed by atoms with Gasteiger partial charge in [0.25, 0.3) is 0 Å². The van der Waals surface area contributed by atoms with Crippen LogP contribution in [0, 0.1) is 0 Å². The van der Waals surface area contributed by atoms with Gasteiger partial charge in [0.1, 0.15) is 5.75 Å². The molecule has 0 spiro atoms. The highest BCUT2D eigenvalue weighted by Gasteiger charge is 2.18. The lowest BCUT2D eigenvalue weighted by molar-refractivity contribution is 0.0221. The fraction of sp³-hybridized carbons (Fsp3) is 0.667. The van der Waals surface area contributed by atoms with Crippen LogP contribution < -0.4 is 15.4 Å². The number of nitrogen functional groups attached to an aromatic ring is 1. The molecule has 6 heteroatoms. The Morgan fingerprint density at radius 3 is 2.42 bits per heavy atom. The van der Waals surface area contributed by atoms with Crippen molar-refractivity contribution in [3.63, 3.8) is 0 Å². The van der Waals surface area contributed by atoms with Gasteiger partial charge in [0.05, 0.1) is 11.4 Å². The average molecular weight is 352 g/mol. The minimum absolute atomic E-state index is 0.290. The van der Waals surface area contributed by atoms with Crippen molar-refractivity contribution in [3.05, 3.63) is 18.2 Å². The fourth-order valence-electron chi connectivity index (χ4n) is 2.76. The number of hydrogen-bond donors (Lipinski definition) is 1. The highest BCUT2D eigenvalue weighted by atomic mass is 28.3. The van der Waals surface area contributed by atoms with Crippen molar-refractivity contribution >= 4 is 19.4 Å². The Labute approximate surface area is 147 Å². The number of anilines is 2. The Morgan fingerprint density at radius 1 is 1.12 bits per heavy atom. The topological polar surface area (TPSA) is 51.0 Å². The number of likely N-dealkylation sites (N-methyl/N-ethyl adjacent to an activating group) is 1. The van der Waals surface area contributed by atoms with Crippen LogP contribution in [-0.4, -0.2) is 59.1 Å². The predicted molar refractivity (Wildman–Crippen MR) is 105 cm³/mol. The van der Waals surface area contributed by atoms with Crippen LogP contribution in [0.2, 0.25) is 25.7 Å². The van der Waals surface area contributed by atoms with E-state index in [1.54, 1.807) is 0 Å². The Morgan fingerprint density at radius 2 is 1.83 bits per heavy atom. The first-order valence-corrected chi connectivity index (χ1v) is 12.7. The van der Waals surface area contributed by atoms with Crippen molar-refractivity contribution in [2.75, 3.05) is 56.8 Å². The molecule has 0 bridgehead atoms. The van der Waals surface area contributed by atoms with Crippen LogP contribution in [-0.2, 0) is 4.74 Å². The summed E-state index contributed by atoms with van der Waals surface area (Å²) in [6.45, 7) is 15.7. The zero-order valence-corrected chi connectivity index (χ0v) is 16.7. The third-order valence-electron chi connectivity index (χ3n) is 4.46. The molecule has 0 atom stereocenters. The molecule has 0 amide bonds. The molecule has 2 N–H and O–H groups in total. The highest BCUT2D eigenvalue weighted by molar-refractivity contribution is 6.76. The Bertz CT molecular complexity index is 511. The lowest BCUT2D eigenvalue weighted by Crippen LogP contribution is -2.46. The minimum atomic E-state index is -1.04. The molecule has 1 aliphatic rings. The zero-order valence-electron chi connectivity index (χ0n) is 15.7. The van der Waals surface area contributed by atoms with Crippen LogP contribution in [0.3, 0.4) is 0 Å². The van der Waals surface area contributed by atoms with Crippen LogP contribution in [0.1, 0.15) is 6.92 Å². The summed E-state index contributed by atoms with van der Waals surface area (Å²) in [5, 5.41) is 0. The lowest BCUT2D eigenvalue weighted by atomic mass is 10.2. The van der Waals surface area contributed by atoms with E-state index in [9.17, 15) is 0 Å². The number of nitrogens with two attached hydrogens (primary N) is 1. The van der Waals surface area contributed by atoms with E-state index >= 15 is 0 Å². The molecule has 1 aromatic rings. The Hall–Kier alpha value is -1.24. The van der Waals surface area contributed by atoms with Crippen LogP contribution in [0.4, 0.5) is 11.4 Å². The molecule has 136 valence electrons. The molecule has 1 heterocycles. The standard InChI is InChI=1S/C18H33N3O2Si/c1-5-20-8-10-21(11-9-20)18-7-6-16(14-17(18)19)23-15-22-12-13-24(2,3)4/h6-7,14H,5,8-13,15,19H2,1-4H3. The number of benzene rings is 1. The first-order chi connectivity index (χ1) is 11.4. The minimum Gasteiger partial charge on any atom is -0.467 e. The van der Waals surface area contributed by atoms with Gasteiger partial charge in [-0.3, -0.25) is 0 Å². The summed E-state index contributed by atoms with van der Waals surface area (Å²) in [6.07, 6.45) is 0. The molecule has 0 aliphatic carbocycles. The molecule has 24 heavy (non-hydrogen) atoms. The van der Waals surface area contributed by atoms with Gasteiger partial charge in [0, 0.05) is 46.9 Å². The van der Waals surface area contributed by atoms with Gasteiger partial charge in [-0.05, 0) is 24.7 Å². The van der Waals surface area contributed by atoms with Crippen molar-refractivity contribution < 1.29 is 9.47 Å². The van der Waals surface area contributed by atoms with Gasteiger partial charge in [-0.25, -0.2) is 0 Å². The fourth-order valence-corrected chi connectivity index (χ4v) is 3.52. The molecule has 2 rings (SSSR count). The third-order valence-corrected chi connectivity index (χ3v) is 6.17. The number of nitrogens with zero attached hydrogens (tertiary/aromatic N) is 2. The van der Waals surface area contributed by atoms with Crippen molar-refractivity contribution in [2.24, 2.45) is 0 Å². The smallest absolute Gasteiger partial charge is 0.189 e. The molecule has 1 aliphatic heterocycles. The third kappa shape index (κ3) is 6.00. The second kappa shape index (κ2) is 8.74. The van der Waals surface area contributed by atoms with Gasteiger partial charge in [0.2, 0.25) is 0 Å². The van der Waals surface area contributed by atoms with Crippen molar-refractivity contribution in [3.8, 4) is 5.75 Å². The zero-order chi connectivity index (χ0) is 17.6. The van der Waals surface area contributed by atoms with Crippen molar-refractivity contribution in [2.45, 2.75) is 32.6 Å². The van der Waals surface area contributed by atoms with Crippen molar-refractivity contribution in [1.29, 1.82) is 0 Å². The average Bonchev–Trinajstić information content (AvgIpc) is 2.54. The van der Waals surface area contributed by atoms with Gasteiger partial charge < -0.3 is 25.0 Å². The summed E-state index contributed by atoms with van der Waals surface area (Å²) in [6, 6.07) is 7.11. The summed E-state index contributed by atoms with van der Waals surface area (Å²) < 4.78 is 11.2. The maximum absolute atomic E-state index is 6.24. The van der Waals surface area contributed by atoms with Gasteiger partial charge in [-0.1, -0.05) is 26.6 Å². The van der Waals surface area contributed by atoms with Gasteiger partial charge in [-0.15, -0.1) is 0 Å². The quantitative estimate of drug-likeness (QED) is 0.337. The van der Waals surface area contributed by atoms with E-state index in [2.05, 4.69) is 42.4 Å². The maximum Gasteiger partial charge on any atom is 0.189 e. The van der Waals surface area contributed by atoms with Gasteiger partial charge in [0.15, 0.2) is 6.79 Å². The van der Waals surface area contributed by atoms with Crippen molar-refractivity contribution in [1.82, 2.24) is 4.90 Å². The largest absolute Gasteiger partial charge is 0.467 e. The summed E-state index contributed by atoms with van der Waals surface area (Å²) in [5.74, 6) is 0.774. The van der Waals surface area contributed by atoms with E-state index < -0.39 is 8.07 Å². The normalized spacial score (nSPS) is 16.4. The van der Waals surface area contributed by atoms with E-state index in [4.69, 9.17) is 15.2 Å². The number of hydrogen-bond acceptors (Lipinski definition) is 5. The number of rotatable bonds is 8. The maximum atomic E-state index is 6.24. The molecule has 0 aromatic heterocycles. The van der Waals surface area contributed by atoms with E-state index in [1.807, 2.05) is 12.1 Å². The Kier molecular flexibility index (Phi) is 6.95. The van der Waals surface area contributed by atoms with Crippen LogP contribution in [0.15, 0.2) is 18.2 Å². The lowest BCUT2D eigenvalue weighted by Gasteiger charge is -2.36. The van der Waals surface area contributed by atoms with E-state index in [-0.39, 0.29) is 0 Å². The van der Waals surface area contributed by atoms with Gasteiger partial charge >= 0.3 is 0 Å². The molecule has 0 unspecified atom stereocenters. The second-order valence-corrected chi connectivity index (χ2v) is 13.2. The monoisotopic (exact) mass is 351 g/mol. The van der Waals surface area contributed by atoms with E-state index in [1.165, 1.54) is 0 Å². The second-order valence-electron chi connectivity index (χ2n) is 7.62. The highest BCUT2D eigenvalue weighted by Crippen LogP contribution is 2.28. The number of piperazine rings is 1. The van der Waals surface area contributed by atoms with E-state index in [0.717, 1.165) is 62.5 Å². The molecule has 1 fully saturated rings. The van der Waals surface area contributed by atoms with Crippen LogP contribution >= 0.6 is 0 Å². The molecule has 1 aromatic carbocycles. The van der Waals surface area contributed by atoms with Gasteiger partial charge in [-0.2, -0.15) is 0 Å². The molecular formula is C18H33N3O2Si. The van der Waals surface area contributed by atoms with Crippen LogP contribution in [0.5, 0.6) is 5.75 Å². The summed E-state index contributed by atoms with van der Waals surface area (Å²) >= 11 is 0. The molecule has 5 nitrogen and oxygen atoms in total. The first kappa shape index (κ1) is 19.1. The van der Waals surface area contributed by atoms with E-state index in [0.29, 0.717) is 6.79 Å². The summed E-state index contributed by atoms with van der Waals surface area (Å²) in [4.78, 5) is 4.82.